The largest absolute Gasteiger partial charge is 0.344 e. The molecule has 2 N–H and O–H groups in total. The van der Waals surface area contributed by atoms with Crippen LogP contribution in [0, 0.1) is 0 Å². The average molecular weight is 174 g/mol. The molecule has 2 aromatic heterocycles. The number of aryl methyl sites for hydroxylation is 2. The summed E-state index contributed by atoms with van der Waals surface area (Å²) in [5, 5.41) is 1.19. The number of nitrogens with one attached hydrogen (secondary N) is 2. The van der Waals surface area contributed by atoms with E-state index in [9.17, 15) is 4.79 Å². The number of aromatic nitrogens is 2. The molecule has 3 rings (SSSR count). The van der Waals surface area contributed by atoms with Crippen molar-refractivity contribution in [2.45, 2.75) is 19.3 Å². The summed E-state index contributed by atoms with van der Waals surface area (Å²) < 4.78 is 0. The first kappa shape index (κ1) is 6.95. The molecular formula is C10H10N2O. The Kier molecular flexibility index (Phi) is 1.20. The number of hydrogen-bond donors (Lipinski definition) is 2. The van der Waals surface area contributed by atoms with Crippen LogP contribution in [0.1, 0.15) is 17.7 Å². The molecule has 2 heterocycles. The molecule has 3 heteroatoms. The predicted octanol–water partition coefficient (Wildman–Crippen LogP) is 1.34. The van der Waals surface area contributed by atoms with E-state index in [0.717, 1.165) is 18.5 Å². The van der Waals surface area contributed by atoms with Crippen LogP contribution in [0.4, 0.5) is 0 Å². The third kappa shape index (κ3) is 0.869. The molecule has 0 bridgehead atoms. The first-order valence-corrected chi connectivity index (χ1v) is 4.57. The fourth-order valence-corrected chi connectivity index (χ4v) is 2.15. The summed E-state index contributed by atoms with van der Waals surface area (Å²) in [6, 6.07) is 3.50. The molecule has 1 aliphatic carbocycles. The third-order valence-corrected chi connectivity index (χ3v) is 2.74. The second-order valence-electron chi connectivity index (χ2n) is 3.55. The van der Waals surface area contributed by atoms with E-state index in [2.05, 4.69) is 9.97 Å². The minimum Gasteiger partial charge on any atom is -0.344 e. The second kappa shape index (κ2) is 2.25. The molecule has 0 spiro atoms. The van der Waals surface area contributed by atoms with Crippen LogP contribution in [0.3, 0.4) is 0 Å². The summed E-state index contributed by atoms with van der Waals surface area (Å²) >= 11 is 0. The van der Waals surface area contributed by atoms with Gasteiger partial charge in [-0.1, -0.05) is 0 Å². The maximum Gasteiger partial charge on any atom is 0.249 e. The summed E-state index contributed by atoms with van der Waals surface area (Å²) in [4.78, 5) is 17.1. The average Bonchev–Trinajstić information content (AvgIpc) is 2.62. The Bertz CT molecular complexity index is 521. The summed E-state index contributed by atoms with van der Waals surface area (Å²) in [6.07, 6.45) is 3.49. The van der Waals surface area contributed by atoms with Gasteiger partial charge in [-0.05, 0) is 30.9 Å². The number of pyridine rings is 1. The third-order valence-electron chi connectivity index (χ3n) is 2.74. The Hall–Kier alpha value is -1.51. The van der Waals surface area contributed by atoms with Crippen LogP contribution in [0.2, 0.25) is 0 Å². The molecule has 2 aromatic rings. The van der Waals surface area contributed by atoms with Gasteiger partial charge in [-0.15, -0.1) is 0 Å². The smallest absolute Gasteiger partial charge is 0.249 e. The highest BCUT2D eigenvalue weighted by Crippen LogP contribution is 2.27. The van der Waals surface area contributed by atoms with Gasteiger partial charge in [0.2, 0.25) is 5.56 Å². The minimum absolute atomic E-state index is 0.0348. The first-order valence-electron chi connectivity index (χ1n) is 4.57. The van der Waals surface area contributed by atoms with Crippen LogP contribution >= 0.6 is 0 Å². The van der Waals surface area contributed by atoms with Crippen LogP contribution in [0.15, 0.2) is 16.9 Å². The van der Waals surface area contributed by atoms with E-state index in [0.29, 0.717) is 0 Å². The molecular weight excluding hydrogens is 164 g/mol. The molecule has 0 atom stereocenters. The van der Waals surface area contributed by atoms with E-state index in [4.69, 9.17) is 0 Å². The van der Waals surface area contributed by atoms with Gasteiger partial charge in [-0.3, -0.25) is 4.79 Å². The zero-order valence-corrected chi connectivity index (χ0v) is 7.18. The van der Waals surface area contributed by atoms with Gasteiger partial charge in [-0.25, -0.2) is 0 Å². The van der Waals surface area contributed by atoms with E-state index in [1.54, 1.807) is 6.07 Å². The van der Waals surface area contributed by atoms with Crippen molar-refractivity contribution in [2.75, 3.05) is 0 Å². The first-order chi connectivity index (χ1) is 6.34. The molecule has 0 aromatic carbocycles. The zero-order valence-electron chi connectivity index (χ0n) is 7.18. The molecule has 66 valence electrons. The van der Waals surface area contributed by atoms with Gasteiger partial charge < -0.3 is 9.97 Å². The van der Waals surface area contributed by atoms with Gasteiger partial charge in [0, 0.05) is 17.1 Å². The highest BCUT2D eigenvalue weighted by Gasteiger charge is 2.16. The van der Waals surface area contributed by atoms with Crippen LogP contribution in [0.5, 0.6) is 0 Å². The molecule has 0 radical (unpaired) electrons. The van der Waals surface area contributed by atoms with Crippen LogP contribution < -0.4 is 5.56 Å². The maximum atomic E-state index is 11.0. The van der Waals surface area contributed by atoms with Crippen molar-refractivity contribution in [3.05, 3.63) is 33.7 Å². The summed E-state index contributed by atoms with van der Waals surface area (Å²) in [5.41, 5.74) is 3.55. The minimum atomic E-state index is -0.0348. The van der Waals surface area contributed by atoms with Crippen molar-refractivity contribution >= 4 is 11.0 Å². The van der Waals surface area contributed by atoms with Gasteiger partial charge in [-0.2, -0.15) is 0 Å². The zero-order chi connectivity index (χ0) is 8.84. The lowest BCUT2D eigenvalue weighted by Gasteiger charge is -1.91. The lowest BCUT2D eigenvalue weighted by atomic mass is 10.2. The fraction of sp³-hybridized carbons (Fsp3) is 0.300. The Balaban J connectivity index is 2.44. The van der Waals surface area contributed by atoms with Gasteiger partial charge >= 0.3 is 0 Å². The molecule has 1 aliphatic rings. The van der Waals surface area contributed by atoms with Gasteiger partial charge in [0.15, 0.2) is 0 Å². The van der Waals surface area contributed by atoms with Crippen molar-refractivity contribution in [3.8, 4) is 0 Å². The highest BCUT2D eigenvalue weighted by molar-refractivity contribution is 5.81. The molecule has 0 fully saturated rings. The Morgan fingerprint density at radius 1 is 1.15 bits per heavy atom. The quantitative estimate of drug-likeness (QED) is 0.622. The van der Waals surface area contributed by atoms with E-state index >= 15 is 0 Å². The Labute approximate surface area is 74.8 Å². The summed E-state index contributed by atoms with van der Waals surface area (Å²) in [6.45, 7) is 0. The van der Waals surface area contributed by atoms with E-state index < -0.39 is 0 Å². The normalized spacial score (nSPS) is 15.1. The summed E-state index contributed by atoms with van der Waals surface area (Å²) in [5.74, 6) is 0. The number of H-pyrrole nitrogens is 2. The lowest BCUT2D eigenvalue weighted by molar-refractivity contribution is 0.897. The maximum absolute atomic E-state index is 11.0. The molecule has 0 amide bonds. The number of aromatic amines is 2. The lowest BCUT2D eigenvalue weighted by Crippen LogP contribution is -2.02. The van der Waals surface area contributed by atoms with Gasteiger partial charge in [0.25, 0.3) is 0 Å². The van der Waals surface area contributed by atoms with Crippen LogP contribution in [0.25, 0.3) is 11.0 Å². The Morgan fingerprint density at radius 2 is 2.08 bits per heavy atom. The monoisotopic (exact) mass is 174 g/mol. The molecule has 0 saturated heterocycles. The van der Waals surface area contributed by atoms with Crippen molar-refractivity contribution in [2.24, 2.45) is 0 Å². The fourth-order valence-electron chi connectivity index (χ4n) is 2.15. The molecule has 0 unspecified atom stereocenters. The number of rotatable bonds is 0. The van der Waals surface area contributed by atoms with Crippen LogP contribution in [-0.4, -0.2) is 9.97 Å². The van der Waals surface area contributed by atoms with E-state index in [1.807, 2.05) is 6.07 Å². The van der Waals surface area contributed by atoms with Crippen molar-refractivity contribution in [1.82, 2.24) is 9.97 Å². The topological polar surface area (TPSA) is 48.6 Å². The van der Waals surface area contributed by atoms with Crippen molar-refractivity contribution in [3.63, 3.8) is 0 Å². The Morgan fingerprint density at radius 3 is 3.00 bits per heavy atom. The van der Waals surface area contributed by atoms with Crippen molar-refractivity contribution in [1.29, 1.82) is 0 Å². The van der Waals surface area contributed by atoms with Crippen molar-refractivity contribution < 1.29 is 0 Å². The van der Waals surface area contributed by atoms with Gasteiger partial charge in [0.1, 0.15) is 5.65 Å². The summed E-state index contributed by atoms with van der Waals surface area (Å²) in [7, 11) is 0. The van der Waals surface area contributed by atoms with E-state index in [-0.39, 0.29) is 5.56 Å². The number of fused-ring (bicyclic) bond motifs is 3. The molecule has 0 saturated carbocycles. The van der Waals surface area contributed by atoms with E-state index in [1.165, 1.54) is 23.1 Å². The molecule has 13 heavy (non-hydrogen) atoms. The predicted molar refractivity (Wildman–Crippen MR) is 50.9 cm³/mol. The second-order valence-corrected chi connectivity index (χ2v) is 3.55. The highest BCUT2D eigenvalue weighted by atomic mass is 16.1. The molecule has 0 aliphatic heterocycles. The van der Waals surface area contributed by atoms with Crippen LogP contribution in [-0.2, 0) is 12.8 Å². The van der Waals surface area contributed by atoms with Gasteiger partial charge in [0.05, 0.1) is 0 Å². The standard InChI is InChI=1S/C10H10N2O/c13-9-5-4-7-6-2-1-3-8(6)11-10(7)12-9/h4-5H,1-3H2,(H2,11,12,13). The molecule has 3 nitrogen and oxygen atoms in total. The number of hydrogen-bond acceptors (Lipinski definition) is 1. The SMILES string of the molecule is O=c1ccc2c3c([nH]c2[nH]1)CCC3.